The predicted molar refractivity (Wildman–Crippen MR) is 45.5 cm³/mol. The maximum Gasteiger partial charge on any atom is 0.0957 e. The maximum atomic E-state index is 6.81. The molecule has 0 spiro atoms. The van der Waals surface area contributed by atoms with Gasteiger partial charge in [-0.1, -0.05) is 12.6 Å². The molecule has 0 fully saturated rings. The molecule has 1 aromatic rings. The zero-order valence-corrected chi connectivity index (χ0v) is 6.95. The van der Waals surface area contributed by atoms with Crippen molar-refractivity contribution in [1.29, 1.82) is 0 Å². The standard InChI is InChI=1S/C7H7N.BrHO/c1-2-7-5-3-4-6-8-7;1-2/h2-6H,1H2;2H. The molecule has 1 rings (SSSR count). The van der Waals surface area contributed by atoms with Crippen molar-refractivity contribution in [2.75, 3.05) is 0 Å². The number of hydrogen-bond acceptors (Lipinski definition) is 2. The second-order valence-electron chi connectivity index (χ2n) is 1.46. The Labute approximate surface area is 68.7 Å². The van der Waals surface area contributed by atoms with Crippen molar-refractivity contribution in [3.63, 3.8) is 0 Å². The highest BCUT2D eigenvalue weighted by Gasteiger charge is 1.77. The number of aromatic nitrogens is 1. The summed E-state index contributed by atoms with van der Waals surface area (Å²) in [7, 11) is 0. The van der Waals surface area contributed by atoms with E-state index in [9.17, 15) is 0 Å². The van der Waals surface area contributed by atoms with E-state index in [0.29, 0.717) is 0 Å². The van der Waals surface area contributed by atoms with E-state index in [1.165, 1.54) is 0 Å². The summed E-state index contributed by atoms with van der Waals surface area (Å²) < 4.78 is 6.81. The second kappa shape index (κ2) is 6.45. The Morgan fingerprint density at radius 2 is 2.20 bits per heavy atom. The number of halogens is 1. The molecule has 0 unspecified atom stereocenters. The summed E-state index contributed by atoms with van der Waals surface area (Å²) >= 11 is 1.94. The van der Waals surface area contributed by atoms with Crippen LogP contribution in [0.2, 0.25) is 0 Å². The van der Waals surface area contributed by atoms with Gasteiger partial charge in [-0.2, -0.15) is 0 Å². The van der Waals surface area contributed by atoms with Crippen LogP contribution in [0.4, 0.5) is 0 Å². The Bertz CT molecular complexity index is 176. The molecule has 10 heavy (non-hydrogen) atoms. The van der Waals surface area contributed by atoms with Crippen molar-refractivity contribution in [3.05, 3.63) is 36.7 Å². The van der Waals surface area contributed by atoms with Crippen LogP contribution in [0, 0.1) is 0 Å². The van der Waals surface area contributed by atoms with Crippen LogP contribution in [0.15, 0.2) is 31.0 Å². The Balaban J connectivity index is 0.000000371. The minimum absolute atomic E-state index is 0.924. The lowest BCUT2D eigenvalue weighted by atomic mass is 10.4. The average molecular weight is 202 g/mol. The summed E-state index contributed by atoms with van der Waals surface area (Å²) in [6.45, 7) is 3.57. The quantitative estimate of drug-likeness (QED) is 0.755. The van der Waals surface area contributed by atoms with Gasteiger partial charge in [0, 0.05) is 6.20 Å². The molecule has 0 aliphatic carbocycles. The van der Waals surface area contributed by atoms with Gasteiger partial charge in [0.2, 0.25) is 0 Å². The normalized spacial score (nSPS) is 7.40. The third kappa shape index (κ3) is 3.37. The van der Waals surface area contributed by atoms with Crippen LogP contribution < -0.4 is 0 Å². The zero-order valence-electron chi connectivity index (χ0n) is 5.37. The van der Waals surface area contributed by atoms with Crippen molar-refractivity contribution < 1.29 is 4.20 Å². The molecule has 3 heteroatoms. The van der Waals surface area contributed by atoms with Gasteiger partial charge in [0.15, 0.2) is 0 Å². The van der Waals surface area contributed by atoms with E-state index in [4.69, 9.17) is 4.20 Å². The highest BCUT2D eigenvalue weighted by molar-refractivity contribution is 9.05. The predicted octanol–water partition coefficient (Wildman–Crippen LogP) is 2.01. The lowest BCUT2D eigenvalue weighted by Gasteiger charge is -1.84. The van der Waals surface area contributed by atoms with E-state index in [1.54, 1.807) is 12.3 Å². The van der Waals surface area contributed by atoms with Gasteiger partial charge in [0.25, 0.3) is 0 Å². The Hall–Kier alpha value is -0.670. The first-order valence-electron chi connectivity index (χ1n) is 2.64. The fourth-order valence-corrected chi connectivity index (χ4v) is 0.497. The second-order valence-corrected chi connectivity index (χ2v) is 1.46. The molecule has 1 N–H and O–H groups in total. The minimum atomic E-state index is 0.924. The average Bonchev–Trinajstić information content (AvgIpc) is 2.10. The van der Waals surface area contributed by atoms with Crippen molar-refractivity contribution in [3.8, 4) is 0 Å². The fourth-order valence-electron chi connectivity index (χ4n) is 0.497. The van der Waals surface area contributed by atoms with Crippen molar-refractivity contribution >= 4 is 22.3 Å². The number of pyridine rings is 1. The van der Waals surface area contributed by atoms with Gasteiger partial charge in [-0.3, -0.25) is 4.98 Å². The summed E-state index contributed by atoms with van der Waals surface area (Å²) in [5, 5.41) is 0. The Morgan fingerprint density at radius 3 is 2.50 bits per heavy atom. The van der Waals surface area contributed by atoms with Crippen molar-refractivity contribution in [2.24, 2.45) is 0 Å². The Morgan fingerprint density at radius 1 is 1.50 bits per heavy atom. The minimum Gasteiger partial charge on any atom is -0.324 e. The molecule has 0 bridgehead atoms. The molecule has 1 aromatic heterocycles. The van der Waals surface area contributed by atoms with Crippen molar-refractivity contribution in [2.45, 2.75) is 0 Å². The third-order valence-electron chi connectivity index (χ3n) is 0.897. The lowest BCUT2D eigenvalue weighted by Crippen LogP contribution is -1.73. The van der Waals surface area contributed by atoms with E-state index in [1.807, 2.05) is 34.5 Å². The van der Waals surface area contributed by atoms with Gasteiger partial charge in [-0.15, -0.1) is 0 Å². The molecule has 2 nitrogen and oxygen atoms in total. The van der Waals surface area contributed by atoms with Crippen molar-refractivity contribution in [1.82, 2.24) is 4.98 Å². The first-order valence-corrected chi connectivity index (χ1v) is 3.35. The molecule has 0 saturated carbocycles. The molecule has 0 amide bonds. The zero-order chi connectivity index (χ0) is 7.82. The molecular formula is C7H8BrNO. The summed E-state index contributed by atoms with van der Waals surface area (Å²) in [6.07, 6.45) is 3.47. The van der Waals surface area contributed by atoms with E-state index >= 15 is 0 Å². The first kappa shape index (κ1) is 9.33. The molecule has 54 valence electrons. The van der Waals surface area contributed by atoms with Crippen LogP contribution in [0.25, 0.3) is 6.08 Å². The number of nitrogens with zero attached hydrogens (tertiary/aromatic N) is 1. The molecule has 0 aliphatic heterocycles. The first-order chi connectivity index (χ1) is 4.93. The van der Waals surface area contributed by atoms with Gasteiger partial charge < -0.3 is 4.20 Å². The number of hydrogen-bond donors (Lipinski definition) is 1. The van der Waals surface area contributed by atoms with Crippen LogP contribution >= 0.6 is 16.3 Å². The van der Waals surface area contributed by atoms with Crippen LogP contribution in [0.1, 0.15) is 5.69 Å². The summed E-state index contributed by atoms with van der Waals surface area (Å²) in [6, 6.07) is 5.73. The number of rotatable bonds is 1. The summed E-state index contributed by atoms with van der Waals surface area (Å²) in [4.78, 5) is 3.98. The van der Waals surface area contributed by atoms with E-state index in [-0.39, 0.29) is 0 Å². The third-order valence-corrected chi connectivity index (χ3v) is 0.897. The van der Waals surface area contributed by atoms with E-state index < -0.39 is 0 Å². The van der Waals surface area contributed by atoms with E-state index in [0.717, 1.165) is 5.69 Å². The molecular weight excluding hydrogens is 194 g/mol. The smallest absolute Gasteiger partial charge is 0.0957 e. The highest BCUT2D eigenvalue weighted by Crippen LogP contribution is 1.91. The summed E-state index contributed by atoms with van der Waals surface area (Å²) in [5.41, 5.74) is 0.924. The maximum absolute atomic E-state index is 6.81. The topological polar surface area (TPSA) is 33.1 Å². The largest absolute Gasteiger partial charge is 0.324 e. The van der Waals surface area contributed by atoms with E-state index in [2.05, 4.69) is 11.6 Å². The molecule has 0 radical (unpaired) electrons. The van der Waals surface area contributed by atoms with Gasteiger partial charge in [-0.25, -0.2) is 0 Å². The molecule has 1 heterocycles. The molecule has 0 atom stereocenters. The van der Waals surface area contributed by atoms with Gasteiger partial charge in [-0.05, 0) is 18.2 Å². The van der Waals surface area contributed by atoms with Crippen LogP contribution in [-0.2, 0) is 0 Å². The fraction of sp³-hybridized carbons (Fsp3) is 0. The van der Waals surface area contributed by atoms with Gasteiger partial charge >= 0.3 is 0 Å². The van der Waals surface area contributed by atoms with Crippen LogP contribution in [0.5, 0.6) is 0 Å². The van der Waals surface area contributed by atoms with Crippen LogP contribution in [-0.4, -0.2) is 9.18 Å². The van der Waals surface area contributed by atoms with Gasteiger partial charge in [0.1, 0.15) is 0 Å². The monoisotopic (exact) mass is 201 g/mol. The molecule has 0 saturated heterocycles. The Kier molecular flexibility index (Phi) is 6.02. The SMILES string of the molecule is C=Cc1ccccn1.OBr. The van der Waals surface area contributed by atoms with Gasteiger partial charge in [0.05, 0.1) is 22.0 Å². The molecule has 0 aliphatic rings. The molecule has 0 aromatic carbocycles. The van der Waals surface area contributed by atoms with Crippen LogP contribution in [0.3, 0.4) is 0 Å². The lowest BCUT2D eigenvalue weighted by molar-refractivity contribution is 0.702. The highest BCUT2D eigenvalue weighted by atomic mass is 79.9. The summed E-state index contributed by atoms with van der Waals surface area (Å²) in [5.74, 6) is 0.